The summed E-state index contributed by atoms with van der Waals surface area (Å²) in [5.41, 5.74) is 1.23. The lowest BCUT2D eigenvalue weighted by atomic mass is 10.1. The van der Waals surface area contributed by atoms with Gasteiger partial charge in [-0.25, -0.2) is 4.39 Å². The van der Waals surface area contributed by atoms with Gasteiger partial charge in [0.2, 0.25) is 0 Å². The lowest BCUT2D eigenvalue weighted by Gasteiger charge is -2.13. The normalized spacial score (nSPS) is 10.4. The van der Waals surface area contributed by atoms with Gasteiger partial charge < -0.3 is 9.47 Å². The Hall–Kier alpha value is -2.07. The molecule has 3 nitrogen and oxygen atoms in total. The Labute approximate surface area is 140 Å². The molecule has 0 aliphatic rings. The molecule has 5 heteroatoms. The molecule has 0 amide bonds. The predicted molar refractivity (Wildman–Crippen MR) is 87.5 cm³/mol. The molecule has 2 aromatic rings. The third-order valence-electron chi connectivity index (χ3n) is 3.35. The van der Waals surface area contributed by atoms with Crippen molar-refractivity contribution in [1.29, 1.82) is 0 Å². The van der Waals surface area contributed by atoms with Crippen LogP contribution in [0.5, 0.6) is 11.5 Å². The monoisotopic (exact) mass is 336 g/mol. The Morgan fingerprint density at radius 1 is 1.13 bits per heavy atom. The zero-order chi connectivity index (χ0) is 16.8. The zero-order valence-corrected chi connectivity index (χ0v) is 13.8. The van der Waals surface area contributed by atoms with Gasteiger partial charge in [-0.1, -0.05) is 43.6 Å². The minimum Gasteiger partial charge on any atom is -0.487 e. The van der Waals surface area contributed by atoms with Crippen LogP contribution in [0.3, 0.4) is 0 Å². The summed E-state index contributed by atoms with van der Waals surface area (Å²) in [5, 5.41) is 0.353. The van der Waals surface area contributed by atoms with Gasteiger partial charge in [0.15, 0.2) is 0 Å². The van der Waals surface area contributed by atoms with E-state index in [0.29, 0.717) is 28.3 Å². The summed E-state index contributed by atoms with van der Waals surface area (Å²) in [6, 6.07) is 9.89. The predicted octanol–water partition coefficient (Wildman–Crippen LogP) is 4.94. The maximum Gasteiger partial charge on any atom is 0.310 e. The van der Waals surface area contributed by atoms with Gasteiger partial charge >= 0.3 is 5.97 Å². The number of aryl methyl sites for hydroxylation is 1. The van der Waals surface area contributed by atoms with Gasteiger partial charge in [-0.05, 0) is 24.1 Å². The van der Waals surface area contributed by atoms with E-state index >= 15 is 0 Å². The average Bonchev–Trinajstić information content (AvgIpc) is 2.56. The first-order valence-corrected chi connectivity index (χ1v) is 7.82. The van der Waals surface area contributed by atoms with E-state index < -0.39 is 0 Å². The Bertz CT molecular complexity index is 701. The topological polar surface area (TPSA) is 35.5 Å². The SMILES string of the molecule is CCC(=O)Oc1ccccc1COc1cc(F)c(CC)cc1Cl. The fraction of sp³-hybridized carbons (Fsp3) is 0.278. The molecule has 0 aliphatic carbocycles. The number of halogens is 2. The van der Waals surface area contributed by atoms with Gasteiger partial charge in [-0.2, -0.15) is 0 Å². The van der Waals surface area contributed by atoms with Gasteiger partial charge in [-0.15, -0.1) is 0 Å². The number of hydrogen-bond donors (Lipinski definition) is 0. The van der Waals surface area contributed by atoms with Crippen LogP contribution in [-0.4, -0.2) is 5.97 Å². The van der Waals surface area contributed by atoms with Crippen molar-refractivity contribution in [2.75, 3.05) is 0 Å². The van der Waals surface area contributed by atoms with Gasteiger partial charge in [0.1, 0.15) is 23.9 Å². The van der Waals surface area contributed by atoms with Crippen LogP contribution in [0.25, 0.3) is 0 Å². The molecule has 0 heterocycles. The van der Waals surface area contributed by atoms with Gasteiger partial charge in [0, 0.05) is 18.1 Å². The Balaban J connectivity index is 2.15. The number of para-hydroxylation sites is 1. The second-order valence-electron chi connectivity index (χ2n) is 4.95. The molecule has 2 rings (SSSR count). The molecule has 0 bridgehead atoms. The summed E-state index contributed by atoms with van der Waals surface area (Å²) >= 11 is 6.12. The maximum atomic E-state index is 13.8. The maximum absolute atomic E-state index is 13.8. The first-order valence-electron chi connectivity index (χ1n) is 7.44. The third-order valence-corrected chi connectivity index (χ3v) is 3.65. The highest BCUT2D eigenvalue weighted by atomic mass is 35.5. The van der Waals surface area contributed by atoms with Gasteiger partial charge in [0.25, 0.3) is 0 Å². The molecule has 0 spiro atoms. The van der Waals surface area contributed by atoms with Crippen molar-refractivity contribution >= 4 is 17.6 Å². The van der Waals surface area contributed by atoms with Crippen LogP contribution < -0.4 is 9.47 Å². The van der Waals surface area contributed by atoms with Crippen LogP contribution >= 0.6 is 11.6 Å². The van der Waals surface area contributed by atoms with Gasteiger partial charge in [-0.3, -0.25) is 4.79 Å². The van der Waals surface area contributed by atoms with Crippen molar-refractivity contribution in [2.45, 2.75) is 33.3 Å². The average molecular weight is 337 g/mol. The van der Waals surface area contributed by atoms with E-state index in [0.717, 1.165) is 0 Å². The summed E-state index contributed by atoms with van der Waals surface area (Å²) < 4.78 is 24.7. The van der Waals surface area contributed by atoms with E-state index in [2.05, 4.69) is 0 Å². The Morgan fingerprint density at radius 2 is 1.87 bits per heavy atom. The highest BCUT2D eigenvalue weighted by Gasteiger charge is 2.11. The summed E-state index contributed by atoms with van der Waals surface area (Å²) in [4.78, 5) is 11.4. The van der Waals surface area contributed by atoms with Crippen LogP contribution in [0.4, 0.5) is 4.39 Å². The molecular formula is C18H18ClFO3. The molecule has 0 aliphatic heterocycles. The van der Waals surface area contributed by atoms with Crippen molar-refractivity contribution in [2.24, 2.45) is 0 Å². The van der Waals surface area contributed by atoms with Crippen molar-refractivity contribution < 1.29 is 18.7 Å². The third kappa shape index (κ3) is 4.45. The fourth-order valence-corrected chi connectivity index (χ4v) is 2.27. The Morgan fingerprint density at radius 3 is 2.57 bits per heavy atom. The molecule has 23 heavy (non-hydrogen) atoms. The molecule has 0 unspecified atom stereocenters. The first-order chi connectivity index (χ1) is 11.0. The highest BCUT2D eigenvalue weighted by molar-refractivity contribution is 6.32. The standard InChI is InChI=1S/C18H18ClFO3/c1-3-12-9-14(19)17(10-15(12)20)22-11-13-7-5-6-8-16(13)23-18(21)4-2/h5-10H,3-4,11H2,1-2H3. The minimum atomic E-state index is -0.349. The van der Waals surface area contributed by atoms with E-state index in [-0.39, 0.29) is 30.6 Å². The molecule has 122 valence electrons. The molecule has 0 atom stereocenters. The summed E-state index contributed by atoms with van der Waals surface area (Å²) in [7, 11) is 0. The molecule has 0 aromatic heterocycles. The van der Waals surface area contributed by atoms with Crippen LogP contribution in [-0.2, 0) is 17.8 Å². The zero-order valence-electron chi connectivity index (χ0n) is 13.1. The van der Waals surface area contributed by atoms with Crippen LogP contribution in [0, 0.1) is 5.82 Å². The van der Waals surface area contributed by atoms with Crippen LogP contribution in [0.1, 0.15) is 31.4 Å². The largest absolute Gasteiger partial charge is 0.487 e. The molecule has 0 saturated carbocycles. The van der Waals surface area contributed by atoms with Crippen molar-refractivity contribution in [3.8, 4) is 11.5 Å². The molecule has 0 N–H and O–H groups in total. The number of benzene rings is 2. The molecule has 0 radical (unpaired) electrons. The minimum absolute atomic E-state index is 0.123. The summed E-state index contributed by atoms with van der Waals surface area (Å²) in [6.07, 6.45) is 0.840. The van der Waals surface area contributed by atoms with E-state index in [1.807, 2.05) is 13.0 Å². The highest BCUT2D eigenvalue weighted by Crippen LogP contribution is 2.29. The van der Waals surface area contributed by atoms with E-state index in [9.17, 15) is 9.18 Å². The van der Waals surface area contributed by atoms with Crippen LogP contribution in [0.15, 0.2) is 36.4 Å². The number of esters is 1. The quantitative estimate of drug-likeness (QED) is 0.554. The van der Waals surface area contributed by atoms with E-state index in [4.69, 9.17) is 21.1 Å². The number of rotatable bonds is 6. The number of carbonyl (C=O) groups excluding carboxylic acids is 1. The number of carbonyl (C=O) groups is 1. The van der Waals surface area contributed by atoms with Crippen molar-refractivity contribution in [3.05, 3.63) is 58.4 Å². The van der Waals surface area contributed by atoms with Crippen LogP contribution in [0.2, 0.25) is 5.02 Å². The van der Waals surface area contributed by atoms with E-state index in [1.54, 1.807) is 31.2 Å². The number of ether oxygens (including phenoxy) is 2. The first kappa shape index (κ1) is 17.3. The lowest BCUT2D eigenvalue weighted by Crippen LogP contribution is -2.08. The number of hydrogen-bond acceptors (Lipinski definition) is 3. The lowest BCUT2D eigenvalue weighted by molar-refractivity contribution is -0.134. The second kappa shape index (κ2) is 7.97. The van der Waals surface area contributed by atoms with Crippen molar-refractivity contribution in [1.82, 2.24) is 0 Å². The van der Waals surface area contributed by atoms with Gasteiger partial charge in [0.05, 0.1) is 5.02 Å². The van der Waals surface area contributed by atoms with E-state index in [1.165, 1.54) is 6.07 Å². The Kier molecular flexibility index (Phi) is 5.99. The molecule has 2 aromatic carbocycles. The molecule has 0 fully saturated rings. The summed E-state index contributed by atoms with van der Waals surface area (Å²) in [6.45, 7) is 3.70. The second-order valence-corrected chi connectivity index (χ2v) is 5.36. The molecular weight excluding hydrogens is 319 g/mol. The summed E-state index contributed by atoms with van der Waals surface area (Å²) in [5.74, 6) is 0.0190. The van der Waals surface area contributed by atoms with Crippen molar-refractivity contribution in [3.63, 3.8) is 0 Å². The molecule has 0 saturated heterocycles. The smallest absolute Gasteiger partial charge is 0.310 e. The fourth-order valence-electron chi connectivity index (χ4n) is 2.02.